The molecule has 0 saturated heterocycles. The van der Waals surface area contributed by atoms with E-state index in [0.717, 1.165) is 44.9 Å². The summed E-state index contributed by atoms with van der Waals surface area (Å²) in [6.07, 6.45) is 8.63. The van der Waals surface area contributed by atoms with Gasteiger partial charge in [0.15, 0.2) is 0 Å². The van der Waals surface area contributed by atoms with Crippen molar-refractivity contribution in [3.63, 3.8) is 0 Å². The Kier molecular flexibility index (Phi) is 6.28. The number of aliphatic carboxylic acids is 2. The van der Waals surface area contributed by atoms with Crippen molar-refractivity contribution in [1.29, 1.82) is 0 Å². The van der Waals surface area contributed by atoms with Gasteiger partial charge in [0.2, 0.25) is 0 Å². The third-order valence-electron chi connectivity index (χ3n) is 4.23. The quantitative estimate of drug-likeness (QED) is 0.588. The summed E-state index contributed by atoms with van der Waals surface area (Å²) in [7, 11) is 0. The molecule has 0 aromatic heterocycles. The van der Waals surface area contributed by atoms with Crippen LogP contribution in [-0.4, -0.2) is 28.2 Å². The molecule has 0 aromatic carbocycles. The smallest absolute Gasteiger partial charge is 0.320 e. The maximum atomic E-state index is 11.0. The lowest BCUT2D eigenvalue weighted by Crippen LogP contribution is -2.30. The summed E-state index contributed by atoms with van der Waals surface area (Å²) in [5, 5.41) is 17.7. The highest BCUT2D eigenvalue weighted by Gasteiger charge is 2.33. The second kappa shape index (κ2) is 7.48. The van der Waals surface area contributed by atoms with Gasteiger partial charge in [0.1, 0.15) is 6.04 Å². The second-order valence-electron chi connectivity index (χ2n) is 5.82. The molecule has 1 saturated carbocycles. The number of hydrogen-bond acceptors (Lipinski definition) is 3. The Labute approximate surface area is 114 Å². The van der Waals surface area contributed by atoms with Gasteiger partial charge in [0.05, 0.1) is 6.42 Å². The van der Waals surface area contributed by atoms with Gasteiger partial charge in [-0.15, -0.1) is 0 Å². The maximum absolute atomic E-state index is 11.0. The van der Waals surface area contributed by atoms with Crippen LogP contribution >= 0.6 is 0 Å². The van der Waals surface area contributed by atoms with E-state index in [9.17, 15) is 9.59 Å². The highest BCUT2D eigenvalue weighted by molar-refractivity contribution is 5.72. The first-order valence-electron chi connectivity index (χ1n) is 7.15. The van der Waals surface area contributed by atoms with Gasteiger partial charge < -0.3 is 15.9 Å². The molecule has 19 heavy (non-hydrogen) atoms. The Balaban J connectivity index is 2.36. The Morgan fingerprint density at radius 2 is 1.74 bits per heavy atom. The number of hydrogen-bond donors (Lipinski definition) is 3. The number of nitrogens with two attached hydrogens (primary N) is 1. The van der Waals surface area contributed by atoms with Crippen LogP contribution in [0.15, 0.2) is 0 Å². The van der Waals surface area contributed by atoms with E-state index in [1.54, 1.807) is 0 Å². The molecule has 0 heterocycles. The third-order valence-corrected chi connectivity index (χ3v) is 4.23. The Hall–Kier alpha value is -1.10. The van der Waals surface area contributed by atoms with Gasteiger partial charge in [-0.2, -0.15) is 0 Å². The van der Waals surface area contributed by atoms with Gasteiger partial charge in [0, 0.05) is 0 Å². The molecule has 0 spiro atoms. The van der Waals surface area contributed by atoms with Crippen molar-refractivity contribution >= 4 is 11.9 Å². The first-order chi connectivity index (χ1) is 8.95. The van der Waals surface area contributed by atoms with E-state index in [2.05, 4.69) is 0 Å². The molecule has 1 rings (SSSR count). The summed E-state index contributed by atoms with van der Waals surface area (Å²) >= 11 is 0. The molecule has 1 fully saturated rings. The van der Waals surface area contributed by atoms with Crippen LogP contribution in [0, 0.1) is 5.41 Å². The molecule has 0 aliphatic heterocycles. The monoisotopic (exact) mass is 271 g/mol. The van der Waals surface area contributed by atoms with Crippen LogP contribution in [0.3, 0.4) is 0 Å². The summed E-state index contributed by atoms with van der Waals surface area (Å²) < 4.78 is 0. The number of carboxylic acids is 2. The summed E-state index contributed by atoms with van der Waals surface area (Å²) in [5.41, 5.74) is 5.40. The SMILES string of the molecule is NC(CCCCC1(CC(=O)O)CCCCC1)C(=O)O. The standard InChI is InChI=1S/C14H25NO4/c15-11(13(18)19)6-2-5-9-14(10-12(16)17)7-3-1-4-8-14/h11H,1-10,15H2,(H,16,17)(H,18,19). The van der Waals surface area contributed by atoms with Crippen molar-refractivity contribution in [2.45, 2.75) is 70.3 Å². The molecular formula is C14H25NO4. The van der Waals surface area contributed by atoms with Crippen LogP contribution in [-0.2, 0) is 9.59 Å². The molecule has 1 atom stereocenters. The predicted molar refractivity (Wildman–Crippen MR) is 71.9 cm³/mol. The van der Waals surface area contributed by atoms with Crippen LogP contribution in [0.4, 0.5) is 0 Å². The lowest BCUT2D eigenvalue weighted by Gasteiger charge is -2.36. The van der Waals surface area contributed by atoms with Gasteiger partial charge >= 0.3 is 11.9 Å². The van der Waals surface area contributed by atoms with Crippen molar-refractivity contribution in [2.24, 2.45) is 11.1 Å². The minimum atomic E-state index is -0.960. The zero-order chi connectivity index (χ0) is 14.3. The summed E-state index contributed by atoms with van der Waals surface area (Å²) in [6.45, 7) is 0. The Morgan fingerprint density at radius 3 is 2.26 bits per heavy atom. The highest BCUT2D eigenvalue weighted by Crippen LogP contribution is 2.43. The second-order valence-corrected chi connectivity index (χ2v) is 5.82. The van der Waals surface area contributed by atoms with E-state index in [-0.39, 0.29) is 11.8 Å². The molecule has 0 amide bonds. The average molecular weight is 271 g/mol. The third kappa shape index (κ3) is 5.59. The Morgan fingerprint density at radius 1 is 1.11 bits per heavy atom. The van der Waals surface area contributed by atoms with Crippen molar-refractivity contribution < 1.29 is 19.8 Å². The summed E-state index contributed by atoms with van der Waals surface area (Å²) in [6, 6.07) is -0.790. The number of carboxylic acid groups (broad SMARTS) is 2. The minimum Gasteiger partial charge on any atom is -0.481 e. The van der Waals surface area contributed by atoms with E-state index >= 15 is 0 Å². The molecule has 1 aliphatic rings. The lowest BCUT2D eigenvalue weighted by atomic mass is 9.69. The van der Waals surface area contributed by atoms with Crippen LogP contribution in [0.1, 0.15) is 64.2 Å². The van der Waals surface area contributed by atoms with E-state index in [1.165, 1.54) is 6.42 Å². The van der Waals surface area contributed by atoms with Gasteiger partial charge in [-0.05, 0) is 31.1 Å². The van der Waals surface area contributed by atoms with Gasteiger partial charge in [0.25, 0.3) is 0 Å². The van der Waals surface area contributed by atoms with Gasteiger partial charge in [-0.3, -0.25) is 9.59 Å². The Bertz CT molecular complexity index is 311. The molecule has 0 radical (unpaired) electrons. The zero-order valence-corrected chi connectivity index (χ0v) is 11.4. The van der Waals surface area contributed by atoms with E-state index < -0.39 is 18.0 Å². The fourth-order valence-electron chi connectivity index (χ4n) is 3.13. The largest absolute Gasteiger partial charge is 0.481 e. The molecule has 0 aromatic rings. The van der Waals surface area contributed by atoms with Gasteiger partial charge in [-0.25, -0.2) is 0 Å². The zero-order valence-electron chi connectivity index (χ0n) is 11.4. The highest BCUT2D eigenvalue weighted by atomic mass is 16.4. The van der Waals surface area contributed by atoms with E-state index in [0.29, 0.717) is 6.42 Å². The first kappa shape index (κ1) is 16.0. The van der Waals surface area contributed by atoms with E-state index in [1.807, 2.05) is 0 Å². The average Bonchev–Trinajstić information content (AvgIpc) is 2.34. The van der Waals surface area contributed by atoms with Crippen molar-refractivity contribution in [1.82, 2.24) is 0 Å². The molecule has 1 aliphatic carbocycles. The van der Waals surface area contributed by atoms with Crippen LogP contribution in [0.5, 0.6) is 0 Å². The van der Waals surface area contributed by atoms with E-state index in [4.69, 9.17) is 15.9 Å². The topological polar surface area (TPSA) is 101 Å². The molecule has 5 heteroatoms. The van der Waals surface area contributed by atoms with Crippen LogP contribution < -0.4 is 5.73 Å². The first-order valence-corrected chi connectivity index (χ1v) is 7.15. The summed E-state index contributed by atoms with van der Waals surface area (Å²) in [5.74, 6) is -1.68. The predicted octanol–water partition coefficient (Wildman–Crippen LogP) is 2.38. The molecule has 4 N–H and O–H groups in total. The molecule has 5 nitrogen and oxygen atoms in total. The lowest BCUT2D eigenvalue weighted by molar-refractivity contribution is -0.140. The van der Waals surface area contributed by atoms with Gasteiger partial charge in [-0.1, -0.05) is 32.1 Å². The summed E-state index contributed by atoms with van der Waals surface area (Å²) in [4.78, 5) is 21.6. The maximum Gasteiger partial charge on any atom is 0.320 e. The number of carbonyl (C=O) groups is 2. The fraction of sp³-hybridized carbons (Fsp3) is 0.857. The fourth-order valence-corrected chi connectivity index (χ4v) is 3.13. The minimum absolute atomic E-state index is 0.0581. The van der Waals surface area contributed by atoms with Crippen LogP contribution in [0.25, 0.3) is 0 Å². The van der Waals surface area contributed by atoms with Crippen LogP contribution in [0.2, 0.25) is 0 Å². The molecule has 110 valence electrons. The normalized spacial score (nSPS) is 19.8. The van der Waals surface area contributed by atoms with Crippen molar-refractivity contribution in [2.75, 3.05) is 0 Å². The molecular weight excluding hydrogens is 246 g/mol. The molecule has 1 unspecified atom stereocenters. The van der Waals surface area contributed by atoms with Crippen molar-refractivity contribution in [3.05, 3.63) is 0 Å². The van der Waals surface area contributed by atoms with Crippen molar-refractivity contribution in [3.8, 4) is 0 Å². The number of unbranched alkanes of at least 4 members (excludes halogenated alkanes) is 1. The number of rotatable bonds is 8. The molecule has 0 bridgehead atoms.